The number of hydrogen-bond donors (Lipinski definition) is 1. The van der Waals surface area contributed by atoms with E-state index < -0.39 is 8.03 Å². The van der Waals surface area contributed by atoms with Gasteiger partial charge in [-0.05, 0) is 24.5 Å². The first-order chi connectivity index (χ1) is 7.13. The van der Waals surface area contributed by atoms with E-state index in [0.29, 0.717) is 6.16 Å². The summed E-state index contributed by atoms with van der Waals surface area (Å²) in [5, 5.41) is 0. The van der Waals surface area contributed by atoms with Crippen LogP contribution in [0, 0.1) is 0 Å². The monoisotopic (exact) mass is 244 g/mol. The molecule has 0 saturated carbocycles. The Hall–Kier alpha value is -0.960. The summed E-state index contributed by atoms with van der Waals surface area (Å²) in [6.07, 6.45) is 0.390. The predicted molar refractivity (Wildman–Crippen MR) is 65.5 cm³/mol. The molecular formula is C11H19NO3P+. The van der Waals surface area contributed by atoms with Crippen LogP contribution in [0.15, 0.2) is 24.3 Å². The lowest BCUT2D eigenvalue weighted by atomic mass is 10.2. The second kappa shape index (κ2) is 7.34. The van der Waals surface area contributed by atoms with Crippen molar-refractivity contribution in [1.82, 2.24) is 6.15 Å². The van der Waals surface area contributed by atoms with Crippen LogP contribution < -0.4 is 10.9 Å². The molecule has 0 aliphatic heterocycles. The molecule has 0 aliphatic carbocycles. The molecule has 16 heavy (non-hydrogen) atoms. The van der Waals surface area contributed by atoms with E-state index in [1.54, 1.807) is 7.11 Å². The van der Waals surface area contributed by atoms with Crippen molar-refractivity contribution in [3.05, 3.63) is 29.8 Å². The van der Waals surface area contributed by atoms with Crippen molar-refractivity contribution in [2.24, 2.45) is 0 Å². The van der Waals surface area contributed by atoms with Gasteiger partial charge >= 0.3 is 8.03 Å². The summed E-state index contributed by atoms with van der Waals surface area (Å²) in [5.41, 5.74) is 0.918. The summed E-state index contributed by atoms with van der Waals surface area (Å²) in [4.78, 5) is 0. The van der Waals surface area contributed by atoms with Crippen LogP contribution in [0.5, 0.6) is 5.75 Å². The highest BCUT2D eigenvalue weighted by Crippen LogP contribution is 2.33. The molecule has 0 amide bonds. The molecule has 0 radical (unpaired) electrons. The lowest BCUT2D eigenvalue weighted by Crippen LogP contribution is -1.96. The quantitative estimate of drug-likeness (QED) is 0.804. The number of ether oxygens (including phenoxy) is 1. The predicted octanol–water partition coefficient (Wildman–Crippen LogP) is 3.52. The van der Waals surface area contributed by atoms with Crippen LogP contribution in [0.1, 0.15) is 19.4 Å². The number of methoxy groups -OCH3 is 1. The molecule has 0 fully saturated rings. The van der Waals surface area contributed by atoms with E-state index >= 15 is 0 Å². The number of benzene rings is 1. The highest BCUT2D eigenvalue weighted by Gasteiger charge is 2.22. The maximum absolute atomic E-state index is 11.6. The Morgan fingerprint density at radius 2 is 1.94 bits per heavy atom. The van der Waals surface area contributed by atoms with Gasteiger partial charge in [0.15, 0.2) is 0 Å². The molecule has 0 aromatic heterocycles. The second-order valence-electron chi connectivity index (χ2n) is 3.46. The van der Waals surface area contributed by atoms with Gasteiger partial charge in [-0.3, -0.25) is 0 Å². The highest BCUT2D eigenvalue weighted by atomic mass is 31.1. The first-order valence-electron chi connectivity index (χ1n) is 4.87. The third kappa shape index (κ3) is 4.71. The molecule has 1 aromatic carbocycles. The lowest BCUT2D eigenvalue weighted by molar-refractivity contribution is 0.255. The molecule has 0 saturated heterocycles. The summed E-state index contributed by atoms with van der Waals surface area (Å²) < 4.78 is 21.9. The van der Waals surface area contributed by atoms with Crippen LogP contribution in [-0.2, 0) is 15.3 Å². The Balaban J connectivity index is 0.00000225. The molecule has 4 nitrogen and oxygen atoms in total. The molecule has 0 heterocycles. The van der Waals surface area contributed by atoms with Crippen molar-refractivity contribution in [3.63, 3.8) is 0 Å². The van der Waals surface area contributed by atoms with Crippen LogP contribution in [0.2, 0.25) is 0 Å². The third-order valence-corrected chi connectivity index (χ3v) is 3.08. The van der Waals surface area contributed by atoms with Gasteiger partial charge in [-0.25, -0.2) is 0 Å². The maximum atomic E-state index is 11.6. The van der Waals surface area contributed by atoms with E-state index in [-0.39, 0.29) is 12.3 Å². The van der Waals surface area contributed by atoms with E-state index in [4.69, 9.17) is 9.26 Å². The minimum atomic E-state index is -1.65. The SMILES string of the molecule is COc1ccccc1C[P+](=O)OC(C)C.N. The Morgan fingerprint density at radius 3 is 2.50 bits per heavy atom. The molecule has 0 aliphatic rings. The van der Waals surface area contributed by atoms with E-state index in [2.05, 4.69) is 0 Å². The Morgan fingerprint density at radius 1 is 1.31 bits per heavy atom. The van der Waals surface area contributed by atoms with Crippen molar-refractivity contribution in [2.45, 2.75) is 26.1 Å². The van der Waals surface area contributed by atoms with E-state index in [1.807, 2.05) is 38.1 Å². The molecule has 5 heteroatoms. The first kappa shape index (κ1) is 15.0. The van der Waals surface area contributed by atoms with E-state index in [9.17, 15) is 4.57 Å². The van der Waals surface area contributed by atoms with Gasteiger partial charge in [0, 0.05) is 5.56 Å². The fourth-order valence-corrected chi connectivity index (χ4v) is 2.33. The zero-order valence-corrected chi connectivity index (χ0v) is 10.9. The molecule has 0 spiro atoms. The van der Waals surface area contributed by atoms with Gasteiger partial charge in [-0.15, -0.1) is 4.52 Å². The fraction of sp³-hybridized carbons (Fsp3) is 0.455. The topological polar surface area (TPSA) is 70.5 Å². The zero-order valence-electron chi connectivity index (χ0n) is 9.97. The largest absolute Gasteiger partial charge is 0.513 e. The second-order valence-corrected chi connectivity index (χ2v) is 4.65. The average molecular weight is 244 g/mol. The van der Waals surface area contributed by atoms with Gasteiger partial charge in [0.25, 0.3) is 0 Å². The van der Waals surface area contributed by atoms with Crippen molar-refractivity contribution in [3.8, 4) is 5.75 Å². The summed E-state index contributed by atoms with van der Waals surface area (Å²) in [5.74, 6) is 0.758. The molecule has 1 atom stereocenters. The Kier molecular flexibility index (Phi) is 6.90. The van der Waals surface area contributed by atoms with Crippen molar-refractivity contribution in [1.29, 1.82) is 0 Å². The Bertz CT molecular complexity index is 342. The van der Waals surface area contributed by atoms with Crippen molar-refractivity contribution >= 4 is 8.03 Å². The van der Waals surface area contributed by atoms with Crippen LogP contribution in [-0.4, -0.2) is 13.2 Å². The van der Waals surface area contributed by atoms with Crippen LogP contribution in [0.3, 0.4) is 0 Å². The fourth-order valence-electron chi connectivity index (χ4n) is 1.25. The molecule has 1 unspecified atom stereocenters. The van der Waals surface area contributed by atoms with E-state index in [1.165, 1.54) is 0 Å². The zero-order chi connectivity index (χ0) is 11.3. The highest BCUT2D eigenvalue weighted by molar-refractivity contribution is 7.38. The van der Waals surface area contributed by atoms with Crippen LogP contribution >= 0.6 is 8.03 Å². The number of rotatable bonds is 5. The van der Waals surface area contributed by atoms with Gasteiger partial charge < -0.3 is 10.9 Å². The standard InChI is InChI=1S/C11H16O3P.H3N/c1-9(2)14-15(12)8-10-6-4-5-7-11(10)13-3;/h4-7,9H,8H2,1-3H3;1H3/q+1;. The number of para-hydroxylation sites is 1. The minimum absolute atomic E-state index is 0. The maximum Gasteiger partial charge on any atom is 0.513 e. The molecule has 0 bridgehead atoms. The first-order valence-corrected chi connectivity index (χ1v) is 6.23. The molecule has 90 valence electrons. The summed E-state index contributed by atoms with van der Waals surface area (Å²) >= 11 is 0. The van der Waals surface area contributed by atoms with Gasteiger partial charge in [0.1, 0.15) is 11.9 Å². The summed E-state index contributed by atoms with van der Waals surface area (Å²) in [7, 11) is -0.0419. The summed E-state index contributed by atoms with van der Waals surface area (Å²) in [6.45, 7) is 3.74. The van der Waals surface area contributed by atoms with Crippen molar-refractivity contribution < 1.29 is 13.8 Å². The third-order valence-electron chi connectivity index (χ3n) is 1.82. The number of hydrogen-bond acceptors (Lipinski definition) is 4. The van der Waals surface area contributed by atoms with Gasteiger partial charge in [-0.2, -0.15) is 0 Å². The lowest BCUT2D eigenvalue weighted by Gasteiger charge is -2.02. The van der Waals surface area contributed by atoms with E-state index in [0.717, 1.165) is 11.3 Å². The molecular weight excluding hydrogens is 225 g/mol. The van der Waals surface area contributed by atoms with Crippen molar-refractivity contribution in [2.75, 3.05) is 7.11 Å². The molecule has 1 rings (SSSR count). The van der Waals surface area contributed by atoms with Crippen LogP contribution in [0.4, 0.5) is 0 Å². The van der Waals surface area contributed by atoms with Gasteiger partial charge in [0.2, 0.25) is 6.16 Å². The average Bonchev–Trinajstić information content (AvgIpc) is 2.17. The minimum Gasteiger partial charge on any atom is -0.496 e. The van der Waals surface area contributed by atoms with Gasteiger partial charge in [0.05, 0.1) is 7.11 Å². The Labute approximate surface area is 97.4 Å². The molecule has 1 aromatic rings. The smallest absolute Gasteiger partial charge is 0.496 e. The summed E-state index contributed by atoms with van der Waals surface area (Å²) in [6, 6.07) is 7.54. The van der Waals surface area contributed by atoms with Crippen LogP contribution in [0.25, 0.3) is 0 Å². The van der Waals surface area contributed by atoms with Gasteiger partial charge in [-0.1, -0.05) is 18.2 Å². The normalized spacial score (nSPS) is 10.9. The molecule has 3 N–H and O–H groups in total.